The minimum atomic E-state index is -0.180. The average Bonchev–Trinajstić information content (AvgIpc) is 2.42. The molecule has 20 heavy (non-hydrogen) atoms. The van der Waals surface area contributed by atoms with Crippen LogP contribution in [-0.4, -0.2) is 7.11 Å². The minimum Gasteiger partial charge on any atom is -0.495 e. The predicted molar refractivity (Wildman–Crippen MR) is 84.5 cm³/mol. The first-order valence-corrected chi connectivity index (χ1v) is 7.56. The van der Waals surface area contributed by atoms with Crippen molar-refractivity contribution in [3.63, 3.8) is 0 Å². The topological polar surface area (TPSA) is 9.23 Å². The van der Waals surface area contributed by atoms with Gasteiger partial charge in [0.2, 0.25) is 0 Å². The van der Waals surface area contributed by atoms with E-state index in [1.807, 2.05) is 6.07 Å². The van der Waals surface area contributed by atoms with Gasteiger partial charge in [-0.2, -0.15) is 0 Å². The van der Waals surface area contributed by atoms with Gasteiger partial charge in [0.25, 0.3) is 0 Å². The van der Waals surface area contributed by atoms with Gasteiger partial charge in [0.05, 0.1) is 17.5 Å². The van der Waals surface area contributed by atoms with E-state index in [1.54, 1.807) is 19.2 Å². The van der Waals surface area contributed by atoms with Crippen molar-refractivity contribution in [1.29, 1.82) is 0 Å². The number of ether oxygens (including phenoxy) is 1. The molecule has 0 saturated heterocycles. The van der Waals surface area contributed by atoms with Crippen LogP contribution in [0.15, 0.2) is 36.4 Å². The summed E-state index contributed by atoms with van der Waals surface area (Å²) in [6, 6.07) is 11.9. The molecule has 3 rings (SSSR count). The predicted octanol–water partition coefficient (Wildman–Crippen LogP) is 5.62. The van der Waals surface area contributed by atoms with Gasteiger partial charge >= 0.3 is 0 Å². The largest absolute Gasteiger partial charge is 0.495 e. The molecule has 2 aromatic carbocycles. The van der Waals surface area contributed by atoms with E-state index in [9.17, 15) is 0 Å². The molecule has 0 aliphatic heterocycles. The maximum Gasteiger partial charge on any atom is 0.138 e. The third-order valence-electron chi connectivity index (χ3n) is 3.82. The molecule has 2 aromatic rings. The molecule has 0 heterocycles. The highest BCUT2D eigenvalue weighted by Gasteiger charge is 2.33. The molecule has 0 radical (unpaired) electrons. The molecule has 1 nitrogen and oxygen atoms in total. The zero-order valence-electron chi connectivity index (χ0n) is 10.9. The second kappa shape index (κ2) is 5.48. The first-order valence-electron chi connectivity index (χ1n) is 6.36. The van der Waals surface area contributed by atoms with Crippen LogP contribution < -0.4 is 4.74 Å². The van der Waals surface area contributed by atoms with Crippen LogP contribution in [0.2, 0.25) is 10.0 Å². The molecule has 2 unspecified atom stereocenters. The second-order valence-electron chi connectivity index (χ2n) is 4.92. The molecular formula is C16H13Cl3O. The highest BCUT2D eigenvalue weighted by atomic mass is 35.5. The van der Waals surface area contributed by atoms with Crippen molar-refractivity contribution in [2.45, 2.75) is 17.7 Å². The standard InChI is InChI=1S/C16H13Cl3O/c1-20-15-8-13(17)12(7-14(15)18)16(19)11-6-9-4-2-3-5-10(9)11/h2-5,7-8,11,16H,6H2,1H3. The molecule has 2 atom stereocenters. The van der Waals surface area contributed by atoms with Gasteiger partial charge in [0, 0.05) is 17.0 Å². The highest BCUT2D eigenvalue weighted by molar-refractivity contribution is 6.35. The number of fused-ring (bicyclic) bond motifs is 1. The molecule has 4 heteroatoms. The van der Waals surface area contributed by atoms with Crippen LogP contribution in [0.3, 0.4) is 0 Å². The molecule has 0 amide bonds. The zero-order valence-corrected chi connectivity index (χ0v) is 13.1. The lowest BCUT2D eigenvalue weighted by Gasteiger charge is -2.34. The van der Waals surface area contributed by atoms with Gasteiger partial charge in [-0.05, 0) is 29.2 Å². The number of benzene rings is 2. The van der Waals surface area contributed by atoms with E-state index in [2.05, 4.69) is 18.2 Å². The Hall–Kier alpha value is -0.890. The monoisotopic (exact) mass is 326 g/mol. The fourth-order valence-electron chi connectivity index (χ4n) is 2.69. The second-order valence-corrected chi connectivity index (χ2v) is 6.20. The Labute approximate surface area is 133 Å². The highest BCUT2D eigenvalue weighted by Crippen LogP contribution is 2.49. The molecule has 0 spiro atoms. The molecule has 1 aliphatic rings. The third kappa shape index (κ3) is 2.28. The Morgan fingerprint density at radius 2 is 1.90 bits per heavy atom. The lowest BCUT2D eigenvalue weighted by Crippen LogP contribution is -2.21. The number of hydrogen-bond donors (Lipinski definition) is 0. The fourth-order valence-corrected chi connectivity index (χ4v) is 3.67. The first kappa shape index (κ1) is 14.1. The summed E-state index contributed by atoms with van der Waals surface area (Å²) in [5.74, 6) is 0.855. The van der Waals surface area contributed by atoms with Crippen molar-refractivity contribution >= 4 is 34.8 Å². The quantitative estimate of drug-likeness (QED) is 0.665. The summed E-state index contributed by atoms with van der Waals surface area (Å²) in [6.07, 6.45) is 0.977. The summed E-state index contributed by atoms with van der Waals surface area (Å²) in [6.45, 7) is 0. The fraction of sp³-hybridized carbons (Fsp3) is 0.250. The normalized spacial score (nSPS) is 18.1. The summed E-state index contributed by atoms with van der Waals surface area (Å²) < 4.78 is 5.16. The lowest BCUT2D eigenvalue weighted by atomic mass is 9.74. The van der Waals surface area contributed by atoms with Crippen LogP contribution in [0, 0.1) is 0 Å². The molecule has 1 aliphatic carbocycles. The van der Waals surface area contributed by atoms with Crippen LogP contribution in [-0.2, 0) is 6.42 Å². The maximum absolute atomic E-state index is 6.62. The molecule has 0 N–H and O–H groups in total. The van der Waals surface area contributed by atoms with Crippen molar-refractivity contribution in [3.05, 3.63) is 63.1 Å². The van der Waals surface area contributed by atoms with Crippen LogP contribution >= 0.6 is 34.8 Å². The van der Waals surface area contributed by atoms with Gasteiger partial charge in [-0.15, -0.1) is 11.6 Å². The Kier molecular flexibility index (Phi) is 3.85. The van der Waals surface area contributed by atoms with Crippen LogP contribution in [0.25, 0.3) is 0 Å². The Morgan fingerprint density at radius 1 is 1.15 bits per heavy atom. The van der Waals surface area contributed by atoms with Gasteiger partial charge in [0.15, 0.2) is 0 Å². The van der Waals surface area contributed by atoms with Crippen molar-refractivity contribution in [2.75, 3.05) is 7.11 Å². The van der Waals surface area contributed by atoms with Crippen molar-refractivity contribution < 1.29 is 4.74 Å². The molecule has 104 valence electrons. The lowest BCUT2D eigenvalue weighted by molar-refractivity contribution is 0.415. The average molecular weight is 328 g/mol. The molecule has 0 bridgehead atoms. The van der Waals surface area contributed by atoms with E-state index in [0.29, 0.717) is 15.8 Å². The van der Waals surface area contributed by atoms with E-state index >= 15 is 0 Å². The molecule has 0 aromatic heterocycles. The molecule has 0 saturated carbocycles. The van der Waals surface area contributed by atoms with Crippen molar-refractivity contribution in [3.8, 4) is 5.75 Å². The van der Waals surface area contributed by atoms with Crippen LogP contribution in [0.4, 0.5) is 0 Å². The SMILES string of the molecule is COc1cc(Cl)c(C(Cl)C2Cc3ccccc32)cc1Cl. The number of halogens is 3. The van der Waals surface area contributed by atoms with E-state index in [-0.39, 0.29) is 11.3 Å². The number of alkyl halides is 1. The number of rotatable bonds is 3. The summed E-state index contributed by atoms with van der Waals surface area (Å²) in [7, 11) is 1.57. The summed E-state index contributed by atoms with van der Waals surface area (Å²) >= 11 is 19.1. The summed E-state index contributed by atoms with van der Waals surface area (Å²) in [4.78, 5) is 0. The Bertz CT molecular complexity index is 654. The summed E-state index contributed by atoms with van der Waals surface area (Å²) in [5.41, 5.74) is 3.52. The Balaban J connectivity index is 1.93. The number of methoxy groups -OCH3 is 1. The van der Waals surface area contributed by atoms with E-state index in [0.717, 1.165) is 12.0 Å². The zero-order chi connectivity index (χ0) is 14.3. The van der Waals surface area contributed by atoms with Gasteiger partial charge < -0.3 is 4.74 Å². The summed E-state index contributed by atoms with van der Waals surface area (Å²) in [5, 5.41) is 0.946. The Morgan fingerprint density at radius 3 is 2.60 bits per heavy atom. The minimum absolute atomic E-state index is 0.180. The van der Waals surface area contributed by atoms with E-state index < -0.39 is 0 Å². The smallest absolute Gasteiger partial charge is 0.138 e. The van der Waals surface area contributed by atoms with Crippen LogP contribution in [0.1, 0.15) is 28.0 Å². The number of hydrogen-bond acceptors (Lipinski definition) is 1. The third-order valence-corrected chi connectivity index (χ3v) is 4.98. The van der Waals surface area contributed by atoms with Gasteiger partial charge in [-0.25, -0.2) is 0 Å². The van der Waals surface area contributed by atoms with Crippen molar-refractivity contribution in [1.82, 2.24) is 0 Å². The van der Waals surface area contributed by atoms with E-state index in [1.165, 1.54) is 11.1 Å². The van der Waals surface area contributed by atoms with Crippen molar-refractivity contribution in [2.24, 2.45) is 0 Å². The maximum atomic E-state index is 6.62. The van der Waals surface area contributed by atoms with E-state index in [4.69, 9.17) is 39.5 Å². The first-order chi connectivity index (χ1) is 9.61. The van der Waals surface area contributed by atoms with Gasteiger partial charge in [0.1, 0.15) is 5.75 Å². The van der Waals surface area contributed by atoms with Gasteiger partial charge in [-0.3, -0.25) is 0 Å². The van der Waals surface area contributed by atoms with Gasteiger partial charge in [-0.1, -0.05) is 47.5 Å². The molecular weight excluding hydrogens is 315 g/mol. The van der Waals surface area contributed by atoms with Crippen LogP contribution in [0.5, 0.6) is 5.75 Å². The molecule has 0 fully saturated rings.